The molecule has 2 aromatic carbocycles. The second kappa shape index (κ2) is 11.4. The van der Waals surface area contributed by atoms with Crippen LogP contribution in [0.4, 0.5) is 10.6 Å². The van der Waals surface area contributed by atoms with E-state index < -0.39 is 6.09 Å². The topological polar surface area (TPSA) is 125 Å². The largest absolute Gasteiger partial charge is 0.497 e. The summed E-state index contributed by atoms with van der Waals surface area (Å²) in [6, 6.07) is 15.1. The van der Waals surface area contributed by atoms with Gasteiger partial charge in [-0.2, -0.15) is 0 Å². The van der Waals surface area contributed by atoms with Crippen LogP contribution in [0.15, 0.2) is 60.1 Å². The number of thiophene rings is 1. The summed E-state index contributed by atoms with van der Waals surface area (Å²) in [6.45, 7) is 0.548. The number of nitrogens with one attached hydrogen (secondary N) is 1. The second-order valence-corrected chi connectivity index (χ2v) is 8.30. The maximum absolute atomic E-state index is 11.9. The van der Waals surface area contributed by atoms with Gasteiger partial charge in [-0.15, -0.1) is 11.3 Å². The number of nitrogen functional groups attached to an aromatic ring is 1. The zero-order valence-corrected chi connectivity index (χ0v) is 19.8. The van der Waals surface area contributed by atoms with Gasteiger partial charge in [-0.05, 0) is 35.2 Å². The highest BCUT2D eigenvalue weighted by atomic mass is 32.1. The Balaban J connectivity index is 1.43. The van der Waals surface area contributed by atoms with Crippen LogP contribution in [0, 0.1) is 0 Å². The molecule has 182 valence electrons. The van der Waals surface area contributed by atoms with Gasteiger partial charge in [-0.25, -0.2) is 9.78 Å². The molecule has 35 heavy (non-hydrogen) atoms. The van der Waals surface area contributed by atoms with Crippen LogP contribution >= 0.6 is 11.3 Å². The van der Waals surface area contributed by atoms with E-state index in [9.17, 15) is 4.79 Å². The van der Waals surface area contributed by atoms with Gasteiger partial charge in [0.2, 0.25) is 0 Å². The molecule has 0 aliphatic rings. The smallest absolute Gasteiger partial charge is 0.412 e. The van der Waals surface area contributed by atoms with E-state index in [0.29, 0.717) is 34.0 Å². The van der Waals surface area contributed by atoms with Crippen LogP contribution in [-0.4, -0.2) is 36.4 Å². The van der Waals surface area contributed by atoms with E-state index in [1.807, 2.05) is 53.9 Å². The molecule has 9 nitrogen and oxygen atoms in total. The lowest BCUT2D eigenvalue weighted by Crippen LogP contribution is -2.29. The van der Waals surface area contributed by atoms with E-state index >= 15 is 0 Å². The van der Waals surface area contributed by atoms with Gasteiger partial charge in [0, 0.05) is 23.6 Å². The third kappa shape index (κ3) is 6.11. The number of methoxy groups -OCH3 is 1. The Bertz CT molecular complexity index is 1310. The Morgan fingerprint density at radius 3 is 2.60 bits per heavy atom. The number of nitrogens with two attached hydrogens (primary N) is 1. The molecular formula is C25H25N3O6S. The number of benzene rings is 2. The number of carbonyl (C=O) groups is 1. The molecule has 0 bridgehead atoms. The summed E-state index contributed by atoms with van der Waals surface area (Å²) in [5, 5.41) is 13.8. The molecule has 0 radical (unpaired) electrons. The number of aliphatic hydroxyl groups excluding tert-OH is 1. The lowest BCUT2D eigenvalue weighted by atomic mass is 10.2. The first-order valence-electron chi connectivity index (χ1n) is 10.8. The van der Waals surface area contributed by atoms with Crippen LogP contribution in [-0.2, 0) is 13.2 Å². The Labute approximate surface area is 206 Å². The molecule has 0 saturated heterocycles. The highest BCUT2D eigenvalue weighted by molar-refractivity contribution is 7.17. The molecule has 1 amide bonds. The number of rotatable bonds is 10. The standard InChI is InChI=1S/C25H25N3O6S/c1-31-18-5-2-4-16(10-18)13-32-19-6-3-7-20(11-19)33-14-17-15-35-23-21(12-28-24(26)22(17)23)34-25(30)27-8-9-29/h2-7,10-12,15,29H,8-9,13-14H2,1H3,(H2,26,28)(H,27,30). The average Bonchev–Trinajstić information content (AvgIpc) is 3.32. The van der Waals surface area contributed by atoms with Crippen LogP contribution in [0.1, 0.15) is 11.1 Å². The Morgan fingerprint density at radius 2 is 1.83 bits per heavy atom. The minimum absolute atomic E-state index is 0.0935. The van der Waals surface area contributed by atoms with Crippen molar-refractivity contribution >= 4 is 33.3 Å². The molecular weight excluding hydrogens is 470 g/mol. The van der Waals surface area contributed by atoms with Crippen molar-refractivity contribution in [3.8, 4) is 23.0 Å². The first kappa shape index (κ1) is 24.1. The molecule has 4 aromatic rings. The molecule has 4 N–H and O–H groups in total. The molecule has 0 atom stereocenters. The lowest BCUT2D eigenvalue weighted by Gasteiger charge is -2.11. The van der Waals surface area contributed by atoms with Gasteiger partial charge in [-0.3, -0.25) is 0 Å². The summed E-state index contributed by atoms with van der Waals surface area (Å²) >= 11 is 1.38. The Morgan fingerprint density at radius 1 is 1.09 bits per heavy atom. The number of aromatic nitrogens is 1. The fraction of sp³-hybridized carbons (Fsp3) is 0.200. The van der Waals surface area contributed by atoms with Crippen molar-refractivity contribution in [1.82, 2.24) is 10.3 Å². The highest BCUT2D eigenvalue weighted by Crippen LogP contribution is 2.37. The third-order valence-corrected chi connectivity index (χ3v) is 6.03. The van der Waals surface area contributed by atoms with Crippen molar-refractivity contribution in [3.63, 3.8) is 0 Å². The average molecular weight is 496 g/mol. The van der Waals surface area contributed by atoms with Crippen molar-refractivity contribution in [2.24, 2.45) is 0 Å². The van der Waals surface area contributed by atoms with Crippen molar-refractivity contribution in [2.75, 3.05) is 26.0 Å². The van der Waals surface area contributed by atoms with Crippen LogP contribution in [0.25, 0.3) is 10.1 Å². The predicted octanol–water partition coefficient (Wildman–Crippen LogP) is 4.13. The van der Waals surface area contributed by atoms with Gasteiger partial charge in [-0.1, -0.05) is 18.2 Å². The number of hydrogen-bond donors (Lipinski definition) is 3. The molecule has 4 rings (SSSR count). The fourth-order valence-electron chi connectivity index (χ4n) is 3.32. The molecule has 0 saturated carbocycles. The molecule has 0 spiro atoms. The number of fused-ring (bicyclic) bond motifs is 1. The summed E-state index contributed by atoms with van der Waals surface area (Å²) in [5.41, 5.74) is 7.92. The number of aliphatic hydroxyl groups is 1. The summed E-state index contributed by atoms with van der Waals surface area (Å²) in [5.74, 6) is 2.69. The second-order valence-electron chi connectivity index (χ2n) is 7.42. The Hall–Kier alpha value is -4.02. The number of amides is 1. The normalized spacial score (nSPS) is 10.7. The van der Waals surface area contributed by atoms with E-state index in [1.165, 1.54) is 17.5 Å². The minimum Gasteiger partial charge on any atom is -0.497 e. The zero-order valence-electron chi connectivity index (χ0n) is 19.0. The molecule has 2 heterocycles. The summed E-state index contributed by atoms with van der Waals surface area (Å²) in [4.78, 5) is 16.0. The van der Waals surface area contributed by atoms with Crippen LogP contribution in [0.2, 0.25) is 0 Å². The molecule has 0 fully saturated rings. The van der Waals surface area contributed by atoms with Crippen molar-refractivity contribution in [2.45, 2.75) is 13.2 Å². The molecule has 2 aromatic heterocycles. The quantitative estimate of drug-likeness (QED) is 0.300. The molecule has 10 heteroatoms. The summed E-state index contributed by atoms with van der Waals surface area (Å²) in [7, 11) is 1.63. The number of pyridine rings is 1. The number of hydrogen-bond acceptors (Lipinski definition) is 9. The van der Waals surface area contributed by atoms with Gasteiger partial charge in [0.15, 0.2) is 5.75 Å². The van der Waals surface area contributed by atoms with Crippen molar-refractivity contribution in [3.05, 3.63) is 71.2 Å². The zero-order chi connectivity index (χ0) is 24.6. The first-order chi connectivity index (χ1) is 17.1. The van der Waals surface area contributed by atoms with Crippen molar-refractivity contribution in [1.29, 1.82) is 0 Å². The lowest BCUT2D eigenvalue weighted by molar-refractivity contribution is 0.196. The fourth-order valence-corrected chi connectivity index (χ4v) is 4.33. The summed E-state index contributed by atoms with van der Waals surface area (Å²) < 4.78 is 23.2. The molecule has 0 aliphatic carbocycles. The summed E-state index contributed by atoms with van der Waals surface area (Å²) in [6.07, 6.45) is 0.726. The van der Waals surface area contributed by atoms with Crippen LogP contribution in [0.3, 0.4) is 0 Å². The number of nitrogens with zero attached hydrogens (tertiary/aromatic N) is 1. The number of ether oxygens (including phenoxy) is 4. The maximum atomic E-state index is 11.9. The van der Waals surface area contributed by atoms with Crippen molar-refractivity contribution < 1.29 is 28.8 Å². The molecule has 0 unspecified atom stereocenters. The van der Waals surface area contributed by atoms with E-state index in [2.05, 4.69) is 10.3 Å². The number of anilines is 1. The van der Waals surface area contributed by atoms with E-state index in [4.69, 9.17) is 29.8 Å². The van der Waals surface area contributed by atoms with E-state index in [0.717, 1.165) is 16.9 Å². The van der Waals surface area contributed by atoms with Gasteiger partial charge in [0.25, 0.3) is 0 Å². The van der Waals surface area contributed by atoms with Gasteiger partial charge in [0.05, 0.1) is 24.6 Å². The third-order valence-electron chi connectivity index (χ3n) is 4.99. The monoisotopic (exact) mass is 495 g/mol. The van der Waals surface area contributed by atoms with Gasteiger partial charge >= 0.3 is 6.09 Å². The minimum atomic E-state index is -0.677. The maximum Gasteiger partial charge on any atom is 0.412 e. The van der Waals surface area contributed by atoms with Crippen LogP contribution < -0.4 is 30.0 Å². The SMILES string of the molecule is COc1cccc(COc2cccc(OCc3csc4c(OC(=O)NCCO)cnc(N)c34)c2)c1. The van der Waals surface area contributed by atoms with Crippen LogP contribution in [0.5, 0.6) is 23.0 Å². The Kier molecular flexibility index (Phi) is 7.86. The van der Waals surface area contributed by atoms with Gasteiger partial charge in [0.1, 0.15) is 36.3 Å². The van der Waals surface area contributed by atoms with Gasteiger partial charge < -0.3 is 35.1 Å². The molecule has 0 aliphatic heterocycles. The number of carbonyl (C=O) groups excluding carboxylic acids is 1. The highest BCUT2D eigenvalue weighted by Gasteiger charge is 2.16. The predicted molar refractivity (Wildman–Crippen MR) is 133 cm³/mol. The first-order valence-corrected chi connectivity index (χ1v) is 11.6. The van der Waals surface area contributed by atoms with E-state index in [-0.39, 0.29) is 25.5 Å². The van der Waals surface area contributed by atoms with E-state index in [1.54, 1.807) is 7.11 Å².